The molecular formula is C18H22ClN3O2. The topological polar surface area (TPSA) is 46.6 Å². The fourth-order valence-corrected chi connectivity index (χ4v) is 3.32. The highest BCUT2D eigenvalue weighted by Gasteiger charge is 2.24. The molecule has 2 heterocycles. The number of hydrogen-bond donors (Lipinski definition) is 1. The van der Waals surface area contributed by atoms with Gasteiger partial charge in [0.2, 0.25) is 0 Å². The van der Waals surface area contributed by atoms with Gasteiger partial charge in [0.1, 0.15) is 5.82 Å². The lowest BCUT2D eigenvalue weighted by Crippen LogP contribution is -2.32. The Morgan fingerprint density at radius 2 is 2.12 bits per heavy atom. The third kappa shape index (κ3) is 3.57. The predicted molar refractivity (Wildman–Crippen MR) is 96.3 cm³/mol. The van der Waals surface area contributed by atoms with Crippen molar-refractivity contribution in [2.75, 3.05) is 32.2 Å². The molecule has 2 aromatic rings. The molecule has 0 radical (unpaired) electrons. The van der Waals surface area contributed by atoms with Gasteiger partial charge >= 0.3 is 0 Å². The van der Waals surface area contributed by atoms with Crippen LogP contribution in [-0.2, 0) is 6.54 Å². The summed E-state index contributed by atoms with van der Waals surface area (Å²) in [6.45, 7) is 2.57. The maximum absolute atomic E-state index is 6.24. The number of methoxy groups -OCH3 is 2. The number of pyridine rings is 1. The van der Waals surface area contributed by atoms with Gasteiger partial charge in [-0.25, -0.2) is 4.98 Å². The number of benzene rings is 1. The molecule has 0 aliphatic carbocycles. The van der Waals surface area contributed by atoms with E-state index < -0.39 is 0 Å². The van der Waals surface area contributed by atoms with Crippen molar-refractivity contribution in [2.45, 2.75) is 19.0 Å². The molecule has 3 rings (SSSR count). The molecule has 1 aromatic carbocycles. The normalized spacial score (nSPS) is 17.1. The molecule has 1 aromatic heterocycles. The van der Waals surface area contributed by atoms with Crippen LogP contribution in [0.4, 0.5) is 5.82 Å². The molecule has 0 amide bonds. The number of ether oxygens (including phenoxy) is 2. The highest BCUT2D eigenvalue weighted by atomic mass is 35.5. The minimum atomic E-state index is 0.388. The summed E-state index contributed by atoms with van der Waals surface area (Å²) in [5.74, 6) is 2.41. The van der Waals surface area contributed by atoms with Crippen molar-refractivity contribution in [3.05, 3.63) is 47.1 Å². The molecule has 5 nitrogen and oxygen atoms in total. The van der Waals surface area contributed by atoms with Crippen molar-refractivity contribution in [1.82, 2.24) is 10.3 Å². The number of anilines is 1. The standard InChI is InChI=1S/C18H22ClN3O2/c1-23-16-7-3-5-13(17(16)24-2)11-21-14-8-10-22(12-14)18-15(19)6-4-9-20-18/h3-7,9,14,21H,8,10-12H2,1-2H3/t14-/m0/s1. The van der Waals surface area contributed by atoms with E-state index >= 15 is 0 Å². The number of halogens is 1. The fraction of sp³-hybridized carbons (Fsp3) is 0.389. The zero-order valence-electron chi connectivity index (χ0n) is 14.0. The van der Waals surface area contributed by atoms with Crippen molar-refractivity contribution < 1.29 is 9.47 Å². The number of para-hydroxylation sites is 1. The van der Waals surface area contributed by atoms with Crippen molar-refractivity contribution in [1.29, 1.82) is 0 Å². The lowest BCUT2D eigenvalue weighted by Gasteiger charge is -2.19. The van der Waals surface area contributed by atoms with Crippen LogP contribution in [0.15, 0.2) is 36.5 Å². The third-order valence-electron chi connectivity index (χ3n) is 4.29. The first-order valence-corrected chi connectivity index (χ1v) is 8.39. The molecule has 0 saturated carbocycles. The van der Waals surface area contributed by atoms with Gasteiger partial charge in [0, 0.05) is 37.4 Å². The Morgan fingerprint density at radius 3 is 2.88 bits per heavy atom. The Labute approximate surface area is 147 Å². The molecule has 1 fully saturated rings. The van der Waals surface area contributed by atoms with Crippen LogP contribution in [0.3, 0.4) is 0 Å². The number of nitrogens with zero attached hydrogens (tertiary/aromatic N) is 2. The van der Waals surface area contributed by atoms with Crippen LogP contribution in [0.5, 0.6) is 11.5 Å². The van der Waals surface area contributed by atoms with Gasteiger partial charge in [-0.1, -0.05) is 23.7 Å². The van der Waals surface area contributed by atoms with Crippen LogP contribution in [0.1, 0.15) is 12.0 Å². The highest BCUT2D eigenvalue weighted by Crippen LogP contribution is 2.31. The van der Waals surface area contributed by atoms with Gasteiger partial charge in [-0.15, -0.1) is 0 Å². The summed E-state index contributed by atoms with van der Waals surface area (Å²) >= 11 is 6.24. The molecule has 24 heavy (non-hydrogen) atoms. The van der Waals surface area contributed by atoms with Crippen molar-refractivity contribution in [3.63, 3.8) is 0 Å². The third-order valence-corrected chi connectivity index (χ3v) is 4.59. The van der Waals surface area contributed by atoms with E-state index in [0.29, 0.717) is 11.1 Å². The second-order valence-corrected chi connectivity index (χ2v) is 6.18. The van der Waals surface area contributed by atoms with Crippen molar-refractivity contribution in [3.8, 4) is 11.5 Å². The lowest BCUT2D eigenvalue weighted by atomic mass is 10.1. The van der Waals surface area contributed by atoms with Gasteiger partial charge in [0.05, 0.1) is 19.2 Å². The summed E-state index contributed by atoms with van der Waals surface area (Å²) in [5.41, 5.74) is 1.09. The van der Waals surface area contributed by atoms with Gasteiger partial charge in [-0.3, -0.25) is 0 Å². The zero-order valence-corrected chi connectivity index (χ0v) is 14.7. The number of aromatic nitrogens is 1. The Hall–Kier alpha value is -1.98. The maximum atomic E-state index is 6.24. The second kappa shape index (κ2) is 7.73. The number of nitrogens with one attached hydrogen (secondary N) is 1. The number of rotatable bonds is 6. The Balaban J connectivity index is 1.62. The lowest BCUT2D eigenvalue weighted by molar-refractivity contribution is 0.350. The van der Waals surface area contributed by atoms with Gasteiger partial charge in [0.25, 0.3) is 0 Å². The van der Waals surface area contributed by atoms with E-state index in [1.807, 2.05) is 24.3 Å². The minimum Gasteiger partial charge on any atom is -0.493 e. The zero-order chi connectivity index (χ0) is 16.9. The quantitative estimate of drug-likeness (QED) is 0.870. The van der Waals surface area contributed by atoms with E-state index in [1.165, 1.54) is 0 Å². The monoisotopic (exact) mass is 347 g/mol. The van der Waals surface area contributed by atoms with E-state index in [2.05, 4.69) is 21.3 Å². The molecule has 1 aliphatic rings. The SMILES string of the molecule is COc1cccc(CN[C@H]2CCN(c3ncccc3Cl)C2)c1OC. The summed E-state index contributed by atoms with van der Waals surface area (Å²) in [6, 6.07) is 10.1. The molecule has 1 N–H and O–H groups in total. The van der Waals surface area contributed by atoms with Crippen molar-refractivity contribution in [2.24, 2.45) is 0 Å². The first-order chi connectivity index (χ1) is 11.7. The Morgan fingerprint density at radius 1 is 1.25 bits per heavy atom. The fourth-order valence-electron chi connectivity index (χ4n) is 3.08. The first kappa shape index (κ1) is 16.9. The maximum Gasteiger partial charge on any atom is 0.165 e. The van der Waals surface area contributed by atoms with Gasteiger partial charge < -0.3 is 19.7 Å². The highest BCUT2D eigenvalue weighted by molar-refractivity contribution is 6.32. The minimum absolute atomic E-state index is 0.388. The van der Waals surface area contributed by atoms with Gasteiger partial charge in [-0.2, -0.15) is 0 Å². The molecule has 1 aliphatic heterocycles. The molecular weight excluding hydrogens is 326 g/mol. The molecule has 0 bridgehead atoms. The van der Waals surface area contributed by atoms with Crippen LogP contribution < -0.4 is 19.7 Å². The van der Waals surface area contributed by atoms with E-state index in [4.69, 9.17) is 21.1 Å². The Bertz CT molecular complexity index is 696. The van der Waals surface area contributed by atoms with Crippen LogP contribution in [-0.4, -0.2) is 38.3 Å². The first-order valence-electron chi connectivity index (χ1n) is 8.01. The van der Waals surface area contributed by atoms with Crippen LogP contribution >= 0.6 is 11.6 Å². The second-order valence-electron chi connectivity index (χ2n) is 5.77. The molecule has 128 valence electrons. The summed E-state index contributed by atoms with van der Waals surface area (Å²) in [4.78, 5) is 6.62. The van der Waals surface area contributed by atoms with E-state index in [0.717, 1.165) is 48.9 Å². The van der Waals surface area contributed by atoms with Crippen LogP contribution in [0.25, 0.3) is 0 Å². The molecule has 1 atom stereocenters. The molecule has 1 saturated heterocycles. The Kier molecular flexibility index (Phi) is 5.43. The number of hydrogen-bond acceptors (Lipinski definition) is 5. The van der Waals surface area contributed by atoms with Gasteiger partial charge in [-0.05, 0) is 24.6 Å². The van der Waals surface area contributed by atoms with E-state index in [-0.39, 0.29) is 0 Å². The summed E-state index contributed by atoms with van der Waals surface area (Å²) in [5, 5.41) is 4.30. The average molecular weight is 348 g/mol. The molecule has 0 spiro atoms. The average Bonchev–Trinajstić information content (AvgIpc) is 3.08. The largest absolute Gasteiger partial charge is 0.493 e. The summed E-state index contributed by atoms with van der Waals surface area (Å²) < 4.78 is 10.8. The van der Waals surface area contributed by atoms with E-state index in [9.17, 15) is 0 Å². The van der Waals surface area contributed by atoms with Gasteiger partial charge in [0.15, 0.2) is 11.5 Å². The predicted octanol–water partition coefficient (Wildman–Crippen LogP) is 3.12. The van der Waals surface area contributed by atoms with Crippen LogP contribution in [0, 0.1) is 0 Å². The molecule has 0 unspecified atom stereocenters. The van der Waals surface area contributed by atoms with E-state index in [1.54, 1.807) is 20.4 Å². The van der Waals surface area contributed by atoms with Crippen LogP contribution in [0.2, 0.25) is 5.02 Å². The summed E-state index contributed by atoms with van der Waals surface area (Å²) in [7, 11) is 3.32. The smallest absolute Gasteiger partial charge is 0.165 e. The molecule has 6 heteroatoms. The van der Waals surface area contributed by atoms with Crippen molar-refractivity contribution >= 4 is 17.4 Å². The summed E-state index contributed by atoms with van der Waals surface area (Å²) in [6.07, 6.45) is 2.84.